The fourth-order valence-electron chi connectivity index (χ4n) is 4.70. The van der Waals surface area contributed by atoms with Crippen LogP contribution in [0.3, 0.4) is 0 Å². The highest BCUT2D eigenvalue weighted by Crippen LogP contribution is 2.34. The number of anilines is 1. The van der Waals surface area contributed by atoms with Crippen molar-refractivity contribution in [1.82, 2.24) is 35.1 Å². The summed E-state index contributed by atoms with van der Waals surface area (Å²) in [6.45, 7) is 0. The molecule has 0 saturated heterocycles. The van der Waals surface area contributed by atoms with E-state index in [1.165, 1.54) is 24.7 Å². The summed E-state index contributed by atoms with van der Waals surface area (Å²) in [5, 5.41) is 10.0. The molecule has 41 heavy (non-hydrogen) atoms. The number of halogens is 2. The van der Waals surface area contributed by atoms with E-state index in [0.29, 0.717) is 44.6 Å². The van der Waals surface area contributed by atoms with Gasteiger partial charge in [-0.1, -0.05) is 36.4 Å². The predicted octanol–water partition coefficient (Wildman–Crippen LogP) is 6.16. The van der Waals surface area contributed by atoms with Gasteiger partial charge >= 0.3 is 0 Å². The van der Waals surface area contributed by atoms with Gasteiger partial charge in [-0.05, 0) is 30.3 Å². The number of carbonyl (C=O) groups is 1. The molecular weight excluding hydrogens is 526 g/mol. The van der Waals surface area contributed by atoms with Crippen molar-refractivity contribution in [3.63, 3.8) is 0 Å². The summed E-state index contributed by atoms with van der Waals surface area (Å²) in [4.78, 5) is 33.1. The average Bonchev–Trinajstić information content (AvgIpc) is 3.63. The minimum absolute atomic E-state index is 0.0183. The summed E-state index contributed by atoms with van der Waals surface area (Å²) in [6.07, 6.45) is 5.94. The van der Waals surface area contributed by atoms with Crippen LogP contribution in [-0.2, 0) is 0 Å². The molecule has 3 N–H and O–H groups in total. The topological polar surface area (TPSA) is 125 Å². The third-order valence-corrected chi connectivity index (χ3v) is 6.62. The first-order valence-corrected chi connectivity index (χ1v) is 12.5. The molecule has 0 spiro atoms. The van der Waals surface area contributed by atoms with Gasteiger partial charge in [-0.3, -0.25) is 19.9 Å². The van der Waals surface area contributed by atoms with Crippen LogP contribution in [0.15, 0.2) is 91.5 Å². The molecule has 0 aliphatic carbocycles. The first-order chi connectivity index (χ1) is 20.1. The average molecular weight is 545 g/mol. The zero-order valence-electron chi connectivity index (χ0n) is 21.1. The van der Waals surface area contributed by atoms with Gasteiger partial charge < -0.3 is 10.3 Å². The Bertz CT molecular complexity index is 2090. The summed E-state index contributed by atoms with van der Waals surface area (Å²) in [5.41, 5.74) is 3.53. The summed E-state index contributed by atoms with van der Waals surface area (Å²) < 4.78 is 30.7. The molecule has 5 aromatic heterocycles. The standard InChI is InChI=1S/C30H18F2N8O/c31-21-9-5-4-8-19(21)20-10-11-34-28-26(20)37-29(38-28)27-23-22(39-40-27)15-35-25(24(23)32)17-12-18(14-33-13-17)36-30(41)16-6-2-1-3-7-16/h1-15H,(H,36,41)(H,39,40)(H,34,37,38). The second kappa shape index (κ2) is 9.72. The molecule has 7 rings (SSSR count). The van der Waals surface area contributed by atoms with Gasteiger partial charge in [0.2, 0.25) is 0 Å². The molecule has 2 aromatic carbocycles. The van der Waals surface area contributed by atoms with Crippen LogP contribution in [0.1, 0.15) is 10.4 Å². The number of fused-ring (bicyclic) bond motifs is 2. The maximum atomic E-state index is 16.1. The third kappa shape index (κ3) is 4.25. The fourth-order valence-corrected chi connectivity index (χ4v) is 4.70. The van der Waals surface area contributed by atoms with E-state index in [1.807, 2.05) is 6.07 Å². The van der Waals surface area contributed by atoms with E-state index in [-0.39, 0.29) is 28.5 Å². The van der Waals surface area contributed by atoms with Crippen molar-refractivity contribution in [2.45, 2.75) is 0 Å². The van der Waals surface area contributed by atoms with E-state index >= 15 is 4.39 Å². The van der Waals surface area contributed by atoms with Crippen LogP contribution >= 0.6 is 0 Å². The molecular formula is C30H18F2N8O. The van der Waals surface area contributed by atoms with E-state index in [2.05, 4.69) is 40.4 Å². The van der Waals surface area contributed by atoms with Crippen LogP contribution in [0.2, 0.25) is 0 Å². The molecule has 0 unspecified atom stereocenters. The molecule has 198 valence electrons. The Hall–Kier alpha value is -5.84. The number of pyridine rings is 3. The third-order valence-electron chi connectivity index (χ3n) is 6.62. The normalized spacial score (nSPS) is 11.3. The van der Waals surface area contributed by atoms with Crippen LogP contribution in [-0.4, -0.2) is 41.0 Å². The lowest BCUT2D eigenvalue weighted by molar-refractivity contribution is 0.102. The minimum Gasteiger partial charge on any atom is -0.321 e. The number of hydrogen-bond acceptors (Lipinski definition) is 6. The monoisotopic (exact) mass is 544 g/mol. The molecule has 11 heteroatoms. The van der Waals surface area contributed by atoms with E-state index < -0.39 is 11.6 Å². The summed E-state index contributed by atoms with van der Waals surface area (Å²) in [6, 6.07) is 18.4. The number of imidazole rings is 1. The summed E-state index contributed by atoms with van der Waals surface area (Å²) in [5.74, 6) is -1.12. The van der Waals surface area contributed by atoms with Crippen molar-refractivity contribution < 1.29 is 13.6 Å². The van der Waals surface area contributed by atoms with Crippen LogP contribution < -0.4 is 5.32 Å². The SMILES string of the molecule is O=C(Nc1cncc(-c2ncc3[nH]nc(-c4nc5c(-c6ccccc6F)ccnc5[nH]4)c3c2F)c1)c1ccccc1. The number of nitrogens with zero attached hydrogens (tertiary/aromatic N) is 5. The van der Waals surface area contributed by atoms with Gasteiger partial charge in [-0.25, -0.2) is 18.7 Å². The Kier molecular flexibility index (Phi) is 5.74. The van der Waals surface area contributed by atoms with E-state index in [1.54, 1.807) is 60.8 Å². The van der Waals surface area contributed by atoms with Crippen LogP contribution in [0.5, 0.6) is 0 Å². The molecule has 0 atom stereocenters. The quantitative estimate of drug-likeness (QED) is 0.239. The van der Waals surface area contributed by atoms with Crippen molar-refractivity contribution in [3.8, 4) is 33.9 Å². The zero-order chi connectivity index (χ0) is 27.9. The van der Waals surface area contributed by atoms with Gasteiger partial charge in [0.25, 0.3) is 5.91 Å². The molecule has 7 aromatic rings. The Morgan fingerprint density at radius 2 is 1.68 bits per heavy atom. The number of carbonyl (C=O) groups excluding carboxylic acids is 1. The van der Waals surface area contributed by atoms with Crippen molar-refractivity contribution in [2.75, 3.05) is 5.32 Å². The van der Waals surface area contributed by atoms with Crippen molar-refractivity contribution in [3.05, 3.63) is 109 Å². The predicted molar refractivity (Wildman–Crippen MR) is 150 cm³/mol. The Morgan fingerprint density at radius 1 is 0.854 bits per heavy atom. The molecule has 9 nitrogen and oxygen atoms in total. The van der Waals surface area contributed by atoms with Gasteiger partial charge in [-0.2, -0.15) is 5.10 Å². The number of aromatic amines is 2. The Balaban J connectivity index is 1.29. The van der Waals surface area contributed by atoms with E-state index in [0.717, 1.165) is 0 Å². The summed E-state index contributed by atoms with van der Waals surface area (Å²) >= 11 is 0. The lowest BCUT2D eigenvalue weighted by Crippen LogP contribution is -2.11. The smallest absolute Gasteiger partial charge is 0.255 e. The van der Waals surface area contributed by atoms with E-state index in [4.69, 9.17) is 0 Å². The van der Waals surface area contributed by atoms with E-state index in [9.17, 15) is 9.18 Å². The maximum absolute atomic E-state index is 16.1. The van der Waals surface area contributed by atoms with Crippen LogP contribution in [0, 0.1) is 11.6 Å². The van der Waals surface area contributed by atoms with Crippen LogP contribution in [0.4, 0.5) is 14.5 Å². The van der Waals surface area contributed by atoms with Crippen molar-refractivity contribution >= 4 is 33.7 Å². The highest BCUT2D eigenvalue weighted by Gasteiger charge is 2.22. The molecule has 1 amide bonds. The first-order valence-electron chi connectivity index (χ1n) is 12.5. The van der Waals surface area contributed by atoms with Gasteiger partial charge in [0.15, 0.2) is 17.3 Å². The zero-order valence-corrected chi connectivity index (χ0v) is 21.1. The second-order valence-corrected chi connectivity index (χ2v) is 9.19. The Morgan fingerprint density at radius 3 is 2.54 bits per heavy atom. The Labute approximate surface area is 230 Å². The highest BCUT2D eigenvalue weighted by molar-refractivity contribution is 6.04. The number of rotatable bonds is 5. The molecule has 0 radical (unpaired) electrons. The lowest BCUT2D eigenvalue weighted by Gasteiger charge is -2.08. The molecule has 0 aliphatic heterocycles. The summed E-state index contributed by atoms with van der Waals surface area (Å²) in [7, 11) is 0. The molecule has 0 aliphatic rings. The number of H-pyrrole nitrogens is 2. The number of hydrogen-bond donors (Lipinski definition) is 3. The van der Waals surface area contributed by atoms with Gasteiger partial charge in [0, 0.05) is 34.6 Å². The largest absolute Gasteiger partial charge is 0.321 e. The van der Waals surface area contributed by atoms with Crippen molar-refractivity contribution in [1.29, 1.82) is 0 Å². The molecule has 0 fully saturated rings. The molecule has 0 saturated carbocycles. The fraction of sp³-hybridized carbons (Fsp3) is 0. The molecule has 0 bridgehead atoms. The minimum atomic E-state index is -0.651. The highest BCUT2D eigenvalue weighted by atomic mass is 19.1. The molecule has 5 heterocycles. The van der Waals surface area contributed by atoms with Gasteiger partial charge in [0.1, 0.15) is 22.7 Å². The second-order valence-electron chi connectivity index (χ2n) is 9.19. The number of aromatic nitrogens is 7. The maximum Gasteiger partial charge on any atom is 0.255 e. The van der Waals surface area contributed by atoms with Gasteiger partial charge in [0.05, 0.1) is 29.0 Å². The number of nitrogens with one attached hydrogen (secondary N) is 3. The lowest BCUT2D eigenvalue weighted by atomic mass is 10.1. The first kappa shape index (κ1) is 24.2. The van der Waals surface area contributed by atoms with Crippen LogP contribution in [0.25, 0.3) is 56.0 Å². The van der Waals surface area contributed by atoms with Crippen molar-refractivity contribution in [2.24, 2.45) is 0 Å². The number of amides is 1. The number of benzene rings is 2. The van der Waals surface area contributed by atoms with Gasteiger partial charge in [-0.15, -0.1) is 0 Å².